The van der Waals surface area contributed by atoms with Crippen LogP contribution in [0.15, 0.2) is 42.5 Å². The van der Waals surface area contributed by atoms with Crippen LogP contribution in [-0.2, 0) is 4.79 Å². The zero-order valence-electron chi connectivity index (χ0n) is 17.2. The lowest BCUT2D eigenvalue weighted by Crippen LogP contribution is -2.45. The quantitative estimate of drug-likeness (QED) is 0.807. The number of piperidine rings is 1. The van der Waals surface area contributed by atoms with E-state index in [2.05, 4.69) is 24.3 Å². The van der Waals surface area contributed by atoms with E-state index in [1.165, 1.54) is 12.0 Å². The van der Waals surface area contributed by atoms with Gasteiger partial charge in [0, 0.05) is 13.1 Å². The number of carboxylic acid groups (broad SMARTS) is 1. The number of carbonyl (C=O) groups is 2. The fourth-order valence-electron chi connectivity index (χ4n) is 5.17. The Kier molecular flexibility index (Phi) is 4.30. The van der Waals surface area contributed by atoms with Crippen molar-refractivity contribution in [2.75, 3.05) is 13.1 Å². The van der Waals surface area contributed by atoms with Gasteiger partial charge in [0.25, 0.3) is 5.91 Å². The van der Waals surface area contributed by atoms with Crippen LogP contribution in [0.5, 0.6) is 0 Å². The highest BCUT2D eigenvalue weighted by molar-refractivity contribution is 5.89. The van der Waals surface area contributed by atoms with Crippen molar-refractivity contribution < 1.29 is 19.8 Å². The van der Waals surface area contributed by atoms with E-state index in [4.69, 9.17) is 5.11 Å². The molecule has 30 heavy (non-hydrogen) atoms. The van der Waals surface area contributed by atoms with Crippen LogP contribution < -0.4 is 0 Å². The molecule has 5 rings (SSSR count). The van der Waals surface area contributed by atoms with Gasteiger partial charge in [-0.25, -0.2) is 4.79 Å². The number of hydrogen-bond acceptors (Lipinski definition) is 3. The molecule has 2 N–H and O–H groups in total. The van der Waals surface area contributed by atoms with Crippen LogP contribution in [0.3, 0.4) is 0 Å². The van der Waals surface area contributed by atoms with Gasteiger partial charge in [0.2, 0.25) is 0 Å². The van der Waals surface area contributed by atoms with E-state index in [1.54, 1.807) is 12.1 Å². The molecule has 1 spiro atoms. The van der Waals surface area contributed by atoms with Crippen molar-refractivity contribution in [3.8, 4) is 11.1 Å². The average Bonchev–Trinajstić information content (AvgIpc) is 3.66. The maximum absolute atomic E-state index is 12.4. The van der Waals surface area contributed by atoms with Gasteiger partial charge in [-0.05, 0) is 84.7 Å². The molecule has 1 amide bonds. The Morgan fingerprint density at radius 2 is 1.67 bits per heavy atom. The summed E-state index contributed by atoms with van der Waals surface area (Å²) in [5, 5.41) is 19.2. The summed E-state index contributed by atoms with van der Waals surface area (Å²) >= 11 is 0. The first-order chi connectivity index (χ1) is 14.3. The first kappa shape index (κ1) is 19.3. The smallest absolute Gasteiger partial charge is 0.335 e. The van der Waals surface area contributed by atoms with Gasteiger partial charge in [0.05, 0.1) is 5.56 Å². The topological polar surface area (TPSA) is 77.8 Å². The number of aryl methyl sites for hydroxylation is 1. The molecule has 0 radical (unpaired) electrons. The van der Waals surface area contributed by atoms with Gasteiger partial charge in [0.15, 0.2) is 0 Å². The van der Waals surface area contributed by atoms with Crippen LogP contribution in [0.1, 0.15) is 59.5 Å². The minimum Gasteiger partial charge on any atom is -0.478 e. The van der Waals surface area contributed by atoms with Crippen molar-refractivity contribution in [2.24, 2.45) is 5.41 Å². The molecule has 2 saturated carbocycles. The lowest BCUT2D eigenvalue weighted by atomic mass is 9.88. The van der Waals surface area contributed by atoms with Crippen molar-refractivity contribution >= 4 is 11.9 Å². The molecule has 2 aliphatic carbocycles. The summed E-state index contributed by atoms with van der Waals surface area (Å²) < 4.78 is 0. The number of amides is 1. The Morgan fingerprint density at radius 1 is 1.00 bits per heavy atom. The molecule has 2 aromatic carbocycles. The van der Waals surface area contributed by atoms with E-state index in [0.717, 1.165) is 42.6 Å². The molecule has 0 aromatic heterocycles. The highest BCUT2D eigenvalue weighted by atomic mass is 16.4. The summed E-state index contributed by atoms with van der Waals surface area (Å²) in [7, 11) is 0. The van der Waals surface area contributed by atoms with Gasteiger partial charge < -0.3 is 15.1 Å². The molecule has 5 nitrogen and oxygen atoms in total. The molecule has 0 bridgehead atoms. The fourth-order valence-corrected chi connectivity index (χ4v) is 5.17. The number of nitrogens with zero attached hydrogens (tertiary/aromatic N) is 1. The zero-order chi connectivity index (χ0) is 21.1. The summed E-state index contributed by atoms with van der Waals surface area (Å²) in [5.74, 6) is -0.426. The van der Waals surface area contributed by atoms with Crippen LogP contribution in [0, 0.1) is 12.3 Å². The molecular weight excluding hydrogens is 378 g/mol. The lowest BCUT2D eigenvalue weighted by molar-refractivity contribution is -0.144. The average molecular weight is 405 g/mol. The standard InChI is InChI=1S/C25H27NO4/c1-16-14-19(22(27)28)6-7-20(16)17-2-4-18(5-3-17)21-15-24(21)10-12-26(13-11-24)23(29)25(30)8-9-25/h2-7,14,21,30H,8-13,15H2,1H3,(H,27,28)/t21-/m1/s1. The molecule has 0 unspecified atom stereocenters. The van der Waals surface area contributed by atoms with Crippen molar-refractivity contribution in [1.29, 1.82) is 0 Å². The maximum atomic E-state index is 12.4. The molecular formula is C25H27NO4. The van der Waals surface area contributed by atoms with Gasteiger partial charge in [-0.15, -0.1) is 0 Å². The third-order valence-electron chi connectivity index (χ3n) is 7.46. The van der Waals surface area contributed by atoms with Crippen LogP contribution in [0.4, 0.5) is 0 Å². The number of rotatable bonds is 4. The Labute approximate surface area is 176 Å². The summed E-state index contributed by atoms with van der Waals surface area (Å²) in [6, 6.07) is 13.9. The second-order valence-electron chi connectivity index (χ2n) is 9.40. The Bertz CT molecular complexity index is 1010. The Morgan fingerprint density at radius 3 is 2.23 bits per heavy atom. The minimum absolute atomic E-state index is 0.0665. The van der Waals surface area contributed by atoms with E-state index in [-0.39, 0.29) is 5.91 Å². The zero-order valence-corrected chi connectivity index (χ0v) is 17.2. The molecule has 1 aliphatic heterocycles. The molecule has 3 aliphatic rings. The number of aliphatic hydroxyl groups is 1. The summed E-state index contributed by atoms with van der Waals surface area (Å²) in [6.45, 7) is 3.45. The number of benzene rings is 2. The van der Waals surface area contributed by atoms with Crippen LogP contribution in [0.25, 0.3) is 11.1 Å². The van der Waals surface area contributed by atoms with Crippen molar-refractivity contribution in [1.82, 2.24) is 4.90 Å². The molecule has 1 heterocycles. The predicted molar refractivity (Wildman–Crippen MR) is 113 cm³/mol. The Balaban J connectivity index is 1.25. The number of aromatic carboxylic acids is 1. The molecule has 1 atom stereocenters. The van der Waals surface area contributed by atoms with E-state index >= 15 is 0 Å². The van der Waals surface area contributed by atoms with Gasteiger partial charge in [-0.2, -0.15) is 0 Å². The predicted octanol–water partition coefficient (Wildman–Crippen LogP) is 3.98. The maximum Gasteiger partial charge on any atom is 0.335 e. The summed E-state index contributed by atoms with van der Waals surface area (Å²) in [6.07, 6.45) is 4.42. The number of likely N-dealkylation sites (tertiary alicyclic amines) is 1. The number of carbonyl (C=O) groups excluding carboxylic acids is 1. The third-order valence-corrected chi connectivity index (χ3v) is 7.46. The van der Waals surface area contributed by atoms with E-state index in [9.17, 15) is 14.7 Å². The molecule has 3 fully saturated rings. The lowest BCUT2D eigenvalue weighted by Gasteiger charge is -2.34. The normalized spacial score (nSPS) is 23.3. The minimum atomic E-state index is -1.05. The monoisotopic (exact) mass is 405 g/mol. The molecule has 156 valence electrons. The molecule has 2 aromatic rings. The first-order valence-corrected chi connectivity index (χ1v) is 10.8. The largest absolute Gasteiger partial charge is 0.478 e. The highest BCUT2D eigenvalue weighted by Gasteiger charge is 2.57. The Hall–Kier alpha value is -2.66. The highest BCUT2D eigenvalue weighted by Crippen LogP contribution is 2.65. The van der Waals surface area contributed by atoms with Crippen LogP contribution in [0.2, 0.25) is 0 Å². The van der Waals surface area contributed by atoms with E-state index in [0.29, 0.717) is 29.7 Å². The number of hydrogen-bond donors (Lipinski definition) is 2. The van der Waals surface area contributed by atoms with Crippen molar-refractivity contribution in [3.05, 3.63) is 59.2 Å². The van der Waals surface area contributed by atoms with Crippen molar-refractivity contribution in [3.63, 3.8) is 0 Å². The van der Waals surface area contributed by atoms with Crippen LogP contribution in [-0.4, -0.2) is 45.7 Å². The third kappa shape index (κ3) is 3.21. The summed E-state index contributed by atoms with van der Waals surface area (Å²) in [5.41, 5.74) is 4.03. The van der Waals surface area contributed by atoms with E-state index < -0.39 is 11.6 Å². The molecule has 1 saturated heterocycles. The van der Waals surface area contributed by atoms with Gasteiger partial charge in [0.1, 0.15) is 5.60 Å². The first-order valence-electron chi connectivity index (χ1n) is 10.8. The van der Waals surface area contributed by atoms with Crippen LogP contribution >= 0.6 is 0 Å². The van der Waals surface area contributed by atoms with Gasteiger partial charge in [-0.1, -0.05) is 30.3 Å². The SMILES string of the molecule is Cc1cc(C(=O)O)ccc1-c1ccc([C@H]2CC23CCN(C(=O)C2(O)CC2)CC3)cc1. The second kappa shape index (κ2) is 6.67. The summed E-state index contributed by atoms with van der Waals surface area (Å²) in [4.78, 5) is 25.4. The van der Waals surface area contributed by atoms with Gasteiger partial charge in [-0.3, -0.25) is 4.79 Å². The van der Waals surface area contributed by atoms with Gasteiger partial charge >= 0.3 is 5.97 Å². The fraction of sp³-hybridized carbons (Fsp3) is 0.440. The van der Waals surface area contributed by atoms with E-state index in [1.807, 2.05) is 17.9 Å². The second-order valence-corrected chi connectivity index (χ2v) is 9.40. The number of carboxylic acids is 1. The molecule has 5 heteroatoms. The van der Waals surface area contributed by atoms with Crippen molar-refractivity contribution in [2.45, 2.75) is 50.5 Å².